The van der Waals surface area contributed by atoms with Gasteiger partial charge in [0, 0.05) is 5.97 Å². The molecule has 3 heteroatoms. The summed E-state index contributed by atoms with van der Waals surface area (Å²) < 4.78 is 0. The molecule has 0 aromatic rings. The quantitative estimate of drug-likeness (QED) is 0.334. The van der Waals surface area contributed by atoms with Crippen molar-refractivity contribution in [3.05, 3.63) is 0 Å². The standard InChI is InChI=1S/C6H12O2.2C6H13.Al/c1-2-3-4-5-6(7)8;2*1-3-5-6-4-2;/h2-5H2,1H3,(H,7,8);2*1,3-6H2,2H3;/q;;;+1/p-1. The van der Waals surface area contributed by atoms with Crippen LogP contribution in [0.15, 0.2) is 0 Å². The number of hydrogen-bond donors (Lipinski definition) is 0. The van der Waals surface area contributed by atoms with Gasteiger partial charge in [-0.25, -0.2) is 0 Å². The van der Waals surface area contributed by atoms with Crippen molar-refractivity contribution in [3.63, 3.8) is 0 Å². The first-order chi connectivity index (χ1) is 10.2. The van der Waals surface area contributed by atoms with Crippen LogP contribution in [0.5, 0.6) is 0 Å². The van der Waals surface area contributed by atoms with Crippen LogP contribution in [0.2, 0.25) is 10.6 Å². The fraction of sp³-hybridized carbons (Fsp3) is 0.944. The van der Waals surface area contributed by atoms with Crippen LogP contribution in [0.4, 0.5) is 0 Å². The van der Waals surface area contributed by atoms with E-state index in [1.807, 2.05) is 6.92 Å². The first kappa shape index (κ1) is 23.3. The molecule has 0 saturated carbocycles. The summed E-state index contributed by atoms with van der Waals surface area (Å²) in [5, 5.41) is 12.9. The van der Waals surface area contributed by atoms with Gasteiger partial charge in [0.15, 0.2) is 0 Å². The molecule has 0 aromatic carbocycles. The van der Waals surface area contributed by atoms with Crippen molar-refractivity contribution in [2.75, 3.05) is 0 Å². The van der Waals surface area contributed by atoms with Gasteiger partial charge in [0.25, 0.3) is 0 Å². The van der Waals surface area contributed by atoms with Crippen molar-refractivity contribution < 1.29 is 9.90 Å². The minimum atomic E-state index is -0.932. The van der Waals surface area contributed by atoms with Crippen molar-refractivity contribution in [2.45, 2.75) is 108 Å². The van der Waals surface area contributed by atoms with Crippen LogP contribution in [0.1, 0.15) is 97.8 Å². The van der Waals surface area contributed by atoms with Gasteiger partial charge >= 0.3 is 91.0 Å². The topological polar surface area (TPSA) is 40.1 Å². The van der Waals surface area contributed by atoms with E-state index in [0.717, 1.165) is 34.5 Å². The average Bonchev–Trinajstić information content (AvgIpc) is 2.46. The van der Waals surface area contributed by atoms with E-state index in [0.29, 0.717) is 0 Å². The maximum atomic E-state index is 9.76. The SMILES string of the molecule is CCCCCC(=O)[O-].CCCCC[CH2][Al+][CH2]CCCCC. The Morgan fingerprint density at radius 1 is 0.714 bits per heavy atom. The van der Waals surface area contributed by atoms with E-state index in [1.54, 1.807) is 10.6 Å². The number of carboxylic acids is 1. The Balaban J connectivity index is 0. The summed E-state index contributed by atoms with van der Waals surface area (Å²) in [4.78, 5) is 9.76. The fourth-order valence-electron chi connectivity index (χ4n) is 2.09. The molecule has 0 rings (SSSR count). The van der Waals surface area contributed by atoms with Gasteiger partial charge in [0.05, 0.1) is 0 Å². The molecule has 0 aliphatic heterocycles. The molecule has 0 aliphatic rings. The van der Waals surface area contributed by atoms with Crippen LogP contribution < -0.4 is 5.11 Å². The Kier molecular flexibility index (Phi) is 24.7. The second-order valence-corrected chi connectivity index (χ2v) is 7.55. The number of rotatable bonds is 14. The summed E-state index contributed by atoms with van der Waals surface area (Å²) in [5.74, 6) is -0.932. The second kappa shape index (κ2) is 22.3. The number of carboxylic acid groups (broad SMARTS) is 1. The molecule has 0 spiro atoms. The molecule has 21 heavy (non-hydrogen) atoms. The van der Waals surface area contributed by atoms with E-state index >= 15 is 0 Å². The number of unbranched alkanes of at least 4 members (excludes halogenated alkanes) is 8. The van der Waals surface area contributed by atoms with E-state index in [1.165, 1.54) is 51.4 Å². The fourth-order valence-corrected chi connectivity index (χ4v) is 3.54. The van der Waals surface area contributed by atoms with Gasteiger partial charge in [-0.2, -0.15) is 0 Å². The Morgan fingerprint density at radius 2 is 1.14 bits per heavy atom. The van der Waals surface area contributed by atoms with Crippen LogP contribution in [-0.2, 0) is 4.79 Å². The van der Waals surface area contributed by atoms with E-state index in [-0.39, 0.29) is 6.42 Å². The van der Waals surface area contributed by atoms with Crippen LogP contribution in [0.3, 0.4) is 0 Å². The van der Waals surface area contributed by atoms with Gasteiger partial charge in [-0.15, -0.1) is 0 Å². The molecular weight excluding hydrogens is 275 g/mol. The molecule has 0 unspecified atom stereocenters. The van der Waals surface area contributed by atoms with Crippen LogP contribution >= 0.6 is 0 Å². The zero-order chi connectivity index (χ0) is 16.2. The summed E-state index contributed by atoms with van der Waals surface area (Å²) in [6.45, 7) is 6.62. The molecule has 0 aromatic heterocycles. The predicted octanol–water partition coefficient (Wildman–Crippen LogP) is 5.00. The summed E-state index contributed by atoms with van der Waals surface area (Å²) in [7, 11) is 0. The number of carbonyl (C=O) groups excluding carboxylic acids is 1. The van der Waals surface area contributed by atoms with Crippen LogP contribution in [0.25, 0.3) is 0 Å². The Hall–Kier alpha value is 0.00247. The van der Waals surface area contributed by atoms with Gasteiger partial charge in [0.2, 0.25) is 0 Å². The maximum absolute atomic E-state index is 9.76. The summed E-state index contributed by atoms with van der Waals surface area (Å²) in [6, 6.07) is 0. The molecule has 0 amide bonds. The van der Waals surface area contributed by atoms with E-state index in [9.17, 15) is 9.90 Å². The molecule has 0 heterocycles. The molecule has 0 N–H and O–H groups in total. The van der Waals surface area contributed by atoms with Crippen molar-refractivity contribution in [1.29, 1.82) is 0 Å². The molecule has 124 valence electrons. The number of aliphatic carboxylic acids is 1. The minimum absolute atomic E-state index is 0.216. The first-order valence-corrected chi connectivity index (χ1v) is 10.8. The number of carbonyl (C=O) groups is 1. The molecule has 0 atom stereocenters. The van der Waals surface area contributed by atoms with Crippen molar-refractivity contribution in [3.8, 4) is 0 Å². The zero-order valence-corrected chi connectivity index (χ0v) is 15.9. The van der Waals surface area contributed by atoms with Crippen molar-refractivity contribution in [1.82, 2.24) is 0 Å². The van der Waals surface area contributed by atoms with Crippen LogP contribution in [-0.4, -0.2) is 21.2 Å². The number of hydrogen-bond acceptors (Lipinski definition) is 2. The molecular formula is C18H37AlO2. The first-order valence-electron chi connectivity index (χ1n) is 9.20. The monoisotopic (exact) mass is 312 g/mol. The van der Waals surface area contributed by atoms with Gasteiger partial charge in [-0.3, -0.25) is 0 Å². The molecule has 0 saturated heterocycles. The molecule has 0 bridgehead atoms. The van der Waals surface area contributed by atoms with Gasteiger partial charge < -0.3 is 9.90 Å². The average molecular weight is 312 g/mol. The van der Waals surface area contributed by atoms with E-state index < -0.39 is 5.97 Å². The molecule has 0 radical (unpaired) electrons. The zero-order valence-electron chi connectivity index (χ0n) is 14.8. The van der Waals surface area contributed by atoms with Gasteiger partial charge in [-0.1, -0.05) is 19.8 Å². The molecule has 0 aliphatic carbocycles. The second-order valence-electron chi connectivity index (χ2n) is 5.82. The summed E-state index contributed by atoms with van der Waals surface area (Å²) >= 11 is 0.805. The van der Waals surface area contributed by atoms with Crippen molar-refractivity contribution in [2.24, 2.45) is 0 Å². The normalized spacial score (nSPS) is 9.67. The van der Waals surface area contributed by atoms with Crippen LogP contribution in [0, 0.1) is 0 Å². The van der Waals surface area contributed by atoms with E-state index in [4.69, 9.17) is 0 Å². The third-order valence-corrected chi connectivity index (χ3v) is 5.14. The third-order valence-electron chi connectivity index (χ3n) is 3.51. The molecule has 2 nitrogen and oxygen atoms in total. The molecule has 0 fully saturated rings. The Morgan fingerprint density at radius 3 is 1.52 bits per heavy atom. The predicted molar refractivity (Wildman–Crippen MR) is 92.8 cm³/mol. The summed E-state index contributed by atoms with van der Waals surface area (Å²) in [5.41, 5.74) is 0. The van der Waals surface area contributed by atoms with E-state index in [2.05, 4.69) is 13.8 Å². The van der Waals surface area contributed by atoms with Gasteiger partial charge in [-0.05, 0) is 12.8 Å². The van der Waals surface area contributed by atoms with Gasteiger partial charge in [0.1, 0.15) is 0 Å². The van der Waals surface area contributed by atoms with Crippen molar-refractivity contribution >= 4 is 21.2 Å². The Labute approximate surface area is 139 Å². The third kappa shape index (κ3) is 28.8. The summed E-state index contributed by atoms with van der Waals surface area (Å²) in [6.07, 6.45) is 14.7. The Bertz CT molecular complexity index is 186.